The number of aromatic nitrogens is 1. The number of amides is 3. The molecule has 8 N–H and O–H groups in total. The molecule has 0 aliphatic heterocycles. The first-order valence-electron chi connectivity index (χ1n) is 11.2. The summed E-state index contributed by atoms with van der Waals surface area (Å²) in [6.07, 6.45) is 2.79. The van der Waals surface area contributed by atoms with E-state index in [1.165, 1.54) is 25.6 Å². The molecule has 0 spiro atoms. The summed E-state index contributed by atoms with van der Waals surface area (Å²) in [6, 6.07) is 2.97. The summed E-state index contributed by atoms with van der Waals surface area (Å²) in [5.41, 5.74) is 7.36. The predicted molar refractivity (Wildman–Crippen MR) is 134 cm³/mol. The Bertz CT molecular complexity index is 1040. The molecular formula is C23H33N5O6S. The molecule has 3 amide bonds. The number of carboxylic acid groups (broad SMARTS) is 1. The highest BCUT2D eigenvalue weighted by Crippen LogP contribution is 2.19. The molecule has 5 unspecified atom stereocenters. The molecule has 11 nitrogen and oxygen atoms in total. The van der Waals surface area contributed by atoms with Crippen LogP contribution in [0.4, 0.5) is 0 Å². The molecule has 0 bridgehead atoms. The van der Waals surface area contributed by atoms with Crippen LogP contribution in [0.5, 0.6) is 0 Å². The Kier molecular flexibility index (Phi) is 10.6. The summed E-state index contributed by atoms with van der Waals surface area (Å²) >= 11 is 1.47. The van der Waals surface area contributed by atoms with Crippen molar-refractivity contribution >= 4 is 46.4 Å². The summed E-state index contributed by atoms with van der Waals surface area (Å²) in [7, 11) is 0. The van der Waals surface area contributed by atoms with Gasteiger partial charge in [-0.05, 0) is 43.9 Å². The lowest BCUT2D eigenvalue weighted by molar-refractivity contribution is -0.141. The number of aliphatic carboxylic acids is 1. The summed E-state index contributed by atoms with van der Waals surface area (Å²) < 4.78 is 0. The SMILES string of the molecule is CSCCC(NC(=O)C(Cc1c[nH]c2ccccc12)NC(=O)C(N)C(C)O)C(=O)NC(C)C(=O)O. The van der Waals surface area contributed by atoms with Crippen molar-refractivity contribution in [2.24, 2.45) is 5.73 Å². The first-order chi connectivity index (χ1) is 16.5. The van der Waals surface area contributed by atoms with E-state index in [1.807, 2.05) is 30.5 Å². The average molecular weight is 508 g/mol. The Morgan fingerprint density at radius 3 is 2.29 bits per heavy atom. The molecule has 1 aromatic heterocycles. The van der Waals surface area contributed by atoms with E-state index in [1.54, 1.807) is 6.20 Å². The number of aromatic amines is 1. The van der Waals surface area contributed by atoms with Crippen LogP contribution >= 0.6 is 11.8 Å². The Labute approximate surface area is 207 Å². The molecule has 1 aromatic carbocycles. The first kappa shape index (κ1) is 28.1. The molecule has 2 rings (SSSR count). The normalized spacial score (nSPS) is 15.5. The van der Waals surface area contributed by atoms with Gasteiger partial charge in [-0.3, -0.25) is 19.2 Å². The molecular weight excluding hydrogens is 474 g/mol. The Morgan fingerprint density at radius 1 is 1.03 bits per heavy atom. The Hall–Kier alpha value is -3.09. The lowest BCUT2D eigenvalue weighted by Crippen LogP contribution is -2.58. The molecule has 0 radical (unpaired) electrons. The van der Waals surface area contributed by atoms with E-state index in [0.717, 1.165) is 16.5 Å². The van der Waals surface area contributed by atoms with Gasteiger partial charge in [0.05, 0.1) is 6.10 Å². The smallest absolute Gasteiger partial charge is 0.325 e. The molecule has 2 aromatic rings. The van der Waals surface area contributed by atoms with Gasteiger partial charge >= 0.3 is 5.97 Å². The third-order valence-electron chi connectivity index (χ3n) is 5.53. The molecule has 1 heterocycles. The van der Waals surface area contributed by atoms with Crippen LogP contribution in [-0.2, 0) is 25.6 Å². The molecule has 5 atom stereocenters. The molecule has 192 valence electrons. The van der Waals surface area contributed by atoms with Crippen LogP contribution in [-0.4, -0.2) is 81.2 Å². The van der Waals surface area contributed by atoms with Gasteiger partial charge in [-0.1, -0.05) is 18.2 Å². The van der Waals surface area contributed by atoms with Gasteiger partial charge in [-0.2, -0.15) is 11.8 Å². The Balaban J connectivity index is 2.27. The fraction of sp³-hybridized carbons (Fsp3) is 0.478. The number of carbonyl (C=O) groups excluding carboxylic acids is 3. The second kappa shape index (κ2) is 13.1. The van der Waals surface area contributed by atoms with Crippen molar-refractivity contribution in [3.63, 3.8) is 0 Å². The number of H-pyrrole nitrogens is 1. The minimum absolute atomic E-state index is 0.0938. The van der Waals surface area contributed by atoms with Crippen LogP contribution in [0.2, 0.25) is 0 Å². The van der Waals surface area contributed by atoms with Gasteiger partial charge in [0.15, 0.2) is 0 Å². The zero-order valence-corrected chi connectivity index (χ0v) is 20.7. The van der Waals surface area contributed by atoms with E-state index in [-0.39, 0.29) is 12.8 Å². The van der Waals surface area contributed by atoms with Gasteiger partial charge in [-0.25, -0.2) is 0 Å². The number of carboxylic acids is 1. The van der Waals surface area contributed by atoms with Crippen molar-refractivity contribution in [2.75, 3.05) is 12.0 Å². The summed E-state index contributed by atoms with van der Waals surface area (Å²) in [5, 5.41) is 27.2. The number of aliphatic hydroxyl groups excluding tert-OH is 1. The Morgan fingerprint density at radius 2 is 1.66 bits per heavy atom. The molecule has 0 saturated heterocycles. The predicted octanol–water partition coefficient (Wildman–Crippen LogP) is -0.269. The molecule has 0 aliphatic rings. The maximum Gasteiger partial charge on any atom is 0.325 e. The van der Waals surface area contributed by atoms with Crippen molar-refractivity contribution in [1.82, 2.24) is 20.9 Å². The van der Waals surface area contributed by atoms with Crippen LogP contribution in [0.1, 0.15) is 25.8 Å². The third-order valence-corrected chi connectivity index (χ3v) is 6.17. The monoisotopic (exact) mass is 507 g/mol. The van der Waals surface area contributed by atoms with Crippen LogP contribution < -0.4 is 21.7 Å². The topological polar surface area (TPSA) is 187 Å². The highest BCUT2D eigenvalue weighted by atomic mass is 32.2. The zero-order valence-electron chi connectivity index (χ0n) is 19.9. The maximum absolute atomic E-state index is 13.3. The van der Waals surface area contributed by atoms with E-state index in [2.05, 4.69) is 20.9 Å². The highest BCUT2D eigenvalue weighted by molar-refractivity contribution is 7.98. The molecule has 0 aliphatic carbocycles. The van der Waals surface area contributed by atoms with E-state index in [9.17, 15) is 24.3 Å². The second-order valence-electron chi connectivity index (χ2n) is 8.30. The van der Waals surface area contributed by atoms with Crippen molar-refractivity contribution in [3.05, 3.63) is 36.0 Å². The molecule has 35 heavy (non-hydrogen) atoms. The van der Waals surface area contributed by atoms with E-state index in [0.29, 0.717) is 5.75 Å². The fourth-order valence-electron chi connectivity index (χ4n) is 3.37. The van der Waals surface area contributed by atoms with Crippen molar-refractivity contribution in [1.29, 1.82) is 0 Å². The van der Waals surface area contributed by atoms with Crippen molar-refractivity contribution in [3.8, 4) is 0 Å². The quantitative estimate of drug-likeness (QED) is 0.193. The molecule has 12 heteroatoms. The van der Waals surface area contributed by atoms with E-state index in [4.69, 9.17) is 10.8 Å². The van der Waals surface area contributed by atoms with E-state index < -0.39 is 54.0 Å². The minimum Gasteiger partial charge on any atom is -0.480 e. The number of hydrogen-bond donors (Lipinski definition) is 7. The number of thioether (sulfide) groups is 1. The van der Waals surface area contributed by atoms with Gasteiger partial charge in [0.1, 0.15) is 24.2 Å². The lowest BCUT2D eigenvalue weighted by Gasteiger charge is -2.25. The number of aliphatic hydroxyl groups is 1. The van der Waals surface area contributed by atoms with Crippen molar-refractivity contribution < 1.29 is 29.4 Å². The zero-order chi connectivity index (χ0) is 26.1. The summed E-state index contributed by atoms with van der Waals surface area (Å²) in [5.74, 6) is -2.66. The standard InChI is InChI=1S/C23H33N5O6S/c1-12(23(33)34)26-20(30)17(8-9-35-3)27-21(31)18(28-22(32)19(24)13(2)29)10-14-11-25-16-7-5-4-6-15(14)16/h4-7,11-13,17-19,25,29H,8-10,24H2,1-3H3,(H,26,30)(H,27,31)(H,28,32)(H,33,34). The summed E-state index contributed by atoms with van der Waals surface area (Å²) in [6.45, 7) is 2.69. The van der Waals surface area contributed by atoms with Gasteiger partial charge in [-0.15, -0.1) is 0 Å². The lowest BCUT2D eigenvalue weighted by atomic mass is 10.0. The number of benzene rings is 1. The van der Waals surface area contributed by atoms with E-state index >= 15 is 0 Å². The van der Waals surface area contributed by atoms with Crippen LogP contribution in [0.25, 0.3) is 10.9 Å². The number of nitrogens with two attached hydrogens (primary N) is 1. The van der Waals surface area contributed by atoms with Crippen LogP contribution in [0.3, 0.4) is 0 Å². The highest BCUT2D eigenvalue weighted by Gasteiger charge is 2.30. The van der Waals surface area contributed by atoms with Gasteiger partial charge in [0.25, 0.3) is 0 Å². The van der Waals surface area contributed by atoms with Gasteiger partial charge in [0, 0.05) is 23.5 Å². The number of fused-ring (bicyclic) bond motifs is 1. The van der Waals surface area contributed by atoms with Crippen LogP contribution in [0, 0.1) is 0 Å². The number of para-hydroxylation sites is 1. The maximum atomic E-state index is 13.3. The third kappa shape index (κ3) is 7.98. The number of hydrogen-bond acceptors (Lipinski definition) is 7. The molecule has 0 saturated carbocycles. The largest absolute Gasteiger partial charge is 0.480 e. The minimum atomic E-state index is -1.25. The van der Waals surface area contributed by atoms with Crippen molar-refractivity contribution in [2.45, 2.75) is 57.0 Å². The first-order valence-corrected chi connectivity index (χ1v) is 12.6. The number of carbonyl (C=O) groups is 4. The van der Waals surface area contributed by atoms with Crippen LogP contribution in [0.15, 0.2) is 30.5 Å². The fourth-order valence-corrected chi connectivity index (χ4v) is 3.84. The van der Waals surface area contributed by atoms with Gasteiger partial charge in [0.2, 0.25) is 17.7 Å². The van der Waals surface area contributed by atoms with Gasteiger partial charge < -0.3 is 36.9 Å². The number of nitrogens with one attached hydrogen (secondary N) is 4. The summed E-state index contributed by atoms with van der Waals surface area (Å²) in [4.78, 5) is 52.8. The number of rotatable bonds is 13. The average Bonchev–Trinajstić information content (AvgIpc) is 3.23. The second-order valence-corrected chi connectivity index (χ2v) is 9.29. The molecule has 0 fully saturated rings.